The molecule has 3 fully saturated rings. The summed E-state index contributed by atoms with van der Waals surface area (Å²) >= 11 is 0. The Balaban J connectivity index is 2.12. The number of carbonyl (C=O) groups is 5. The van der Waals surface area contributed by atoms with E-state index in [-0.39, 0.29) is 65.1 Å². The van der Waals surface area contributed by atoms with Gasteiger partial charge in [0.1, 0.15) is 17.3 Å². The molecule has 9 heteroatoms. The van der Waals surface area contributed by atoms with E-state index in [1.54, 1.807) is 12.1 Å². The van der Waals surface area contributed by atoms with Gasteiger partial charge in [0.05, 0.1) is 25.7 Å². The molecule has 9 nitrogen and oxygen atoms in total. The standard InChI is InChI=1S/C32H44O9/c1-6-7-8-9-14-31(2,3)19-15-24(40-28(38)12-10-26(34)35)30(25(16-19)41-29(39)13-11-27(36)37)20-17-23(33)22-18-21(20)32(22,4)5/h15-16,20-22H,6-14,17-18H2,1-5H3,(H,34,35)(H,36,37)/t20-,21+,22-/m0/s1. The molecular formula is C32H44O9. The molecule has 0 saturated heterocycles. The molecule has 0 spiro atoms. The number of unbranched alkanes of at least 4 members (excludes halogenated alkanes) is 3. The molecule has 4 rings (SSSR count). The molecule has 0 aliphatic heterocycles. The Kier molecular flexibility index (Phi) is 10.4. The van der Waals surface area contributed by atoms with Gasteiger partial charge < -0.3 is 19.7 Å². The van der Waals surface area contributed by atoms with Crippen LogP contribution in [-0.2, 0) is 29.4 Å². The summed E-state index contributed by atoms with van der Waals surface area (Å²) in [6, 6.07) is 3.54. The molecule has 2 N–H and O–H groups in total. The van der Waals surface area contributed by atoms with Crippen LogP contribution in [-0.4, -0.2) is 39.9 Å². The van der Waals surface area contributed by atoms with Gasteiger partial charge in [-0.2, -0.15) is 0 Å². The highest BCUT2D eigenvalue weighted by molar-refractivity contribution is 5.87. The number of carboxylic acid groups (broad SMARTS) is 2. The minimum absolute atomic E-state index is 0.0480. The Labute approximate surface area is 242 Å². The monoisotopic (exact) mass is 572 g/mol. The quantitative estimate of drug-likeness (QED) is 0.143. The summed E-state index contributed by atoms with van der Waals surface area (Å²) in [5, 5.41) is 18.1. The van der Waals surface area contributed by atoms with Gasteiger partial charge >= 0.3 is 23.9 Å². The fourth-order valence-corrected chi connectivity index (χ4v) is 6.42. The summed E-state index contributed by atoms with van der Waals surface area (Å²) in [5.41, 5.74) is 0.534. The van der Waals surface area contributed by atoms with E-state index < -0.39 is 36.7 Å². The smallest absolute Gasteiger partial charge is 0.311 e. The largest absolute Gasteiger partial charge is 0.481 e. The van der Waals surface area contributed by atoms with E-state index in [0.29, 0.717) is 12.0 Å². The predicted molar refractivity (Wildman–Crippen MR) is 151 cm³/mol. The van der Waals surface area contributed by atoms with Crippen molar-refractivity contribution in [2.75, 3.05) is 0 Å². The molecule has 0 amide bonds. The lowest BCUT2D eigenvalue weighted by molar-refractivity contribution is -0.152. The number of esters is 2. The van der Waals surface area contributed by atoms with Crippen LogP contribution in [0.4, 0.5) is 0 Å². The van der Waals surface area contributed by atoms with Crippen LogP contribution in [0.15, 0.2) is 12.1 Å². The molecule has 0 unspecified atom stereocenters. The number of benzene rings is 1. The summed E-state index contributed by atoms with van der Waals surface area (Å²) in [4.78, 5) is 61.0. The molecular weight excluding hydrogens is 528 g/mol. The second-order valence-corrected chi connectivity index (χ2v) is 12.8. The maximum atomic E-state index is 13.1. The van der Waals surface area contributed by atoms with Crippen molar-refractivity contribution in [2.45, 2.75) is 117 Å². The lowest BCUT2D eigenvalue weighted by Crippen LogP contribution is -2.56. The maximum Gasteiger partial charge on any atom is 0.311 e. The first-order valence-electron chi connectivity index (χ1n) is 14.7. The summed E-state index contributed by atoms with van der Waals surface area (Å²) in [6.07, 6.45) is 4.49. The van der Waals surface area contributed by atoms with Gasteiger partial charge in [0, 0.05) is 23.8 Å². The van der Waals surface area contributed by atoms with E-state index in [1.165, 1.54) is 0 Å². The fraction of sp³-hybridized carbons (Fsp3) is 0.656. The van der Waals surface area contributed by atoms with Gasteiger partial charge in [0.2, 0.25) is 0 Å². The summed E-state index contributed by atoms with van der Waals surface area (Å²) in [5.74, 6) is -3.64. The van der Waals surface area contributed by atoms with E-state index in [0.717, 1.165) is 37.7 Å². The van der Waals surface area contributed by atoms with Crippen LogP contribution in [0.1, 0.15) is 122 Å². The van der Waals surface area contributed by atoms with E-state index in [9.17, 15) is 24.0 Å². The second kappa shape index (κ2) is 13.2. The van der Waals surface area contributed by atoms with Crippen LogP contribution in [0.3, 0.4) is 0 Å². The lowest BCUT2D eigenvalue weighted by atomic mass is 9.44. The highest BCUT2D eigenvalue weighted by Crippen LogP contribution is 2.64. The zero-order chi connectivity index (χ0) is 30.5. The molecule has 226 valence electrons. The maximum absolute atomic E-state index is 13.1. The first kappa shape index (κ1) is 32.3. The topological polar surface area (TPSA) is 144 Å². The van der Waals surface area contributed by atoms with Crippen LogP contribution in [0.5, 0.6) is 11.5 Å². The molecule has 3 aliphatic carbocycles. The van der Waals surface area contributed by atoms with Crippen molar-refractivity contribution in [3.05, 3.63) is 23.3 Å². The Morgan fingerprint density at radius 3 is 1.88 bits per heavy atom. The van der Waals surface area contributed by atoms with Crippen molar-refractivity contribution < 1.29 is 43.7 Å². The van der Waals surface area contributed by atoms with Gasteiger partial charge in [0.15, 0.2) is 0 Å². The zero-order valence-electron chi connectivity index (χ0n) is 24.9. The van der Waals surface area contributed by atoms with Gasteiger partial charge in [-0.05, 0) is 47.3 Å². The molecule has 3 aliphatic rings. The van der Waals surface area contributed by atoms with Crippen molar-refractivity contribution in [1.82, 2.24) is 0 Å². The third-order valence-corrected chi connectivity index (χ3v) is 9.08. The molecule has 0 aromatic heterocycles. The van der Waals surface area contributed by atoms with Crippen LogP contribution < -0.4 is 9.47 Å². The van der Waals surface area contributed by atoms with Crippen LogP contribution in [0.2, 0.25) is 0 Å². The first-order chi connectivity index (χ1) is 19.2. The minimum Gasteiger partial charge on any atom is -0.481 e. The number of hydrogen-bond donors (Lipinski definition) is 2. The number of rotatable bonds is 15. The van der Waals surface area contributed by atoms with Crippen molar-refractivity contribution in [1.29, 1.82) is 0 Å². The lowest BCUT2D eigenvalue weighted by Gasteiger charge is -2.59. The normalized spacial score (nSPS) is 21.1. The number of carbonyl (C=O) groups excluding carboxylic acids is 3. The van der Waals surface area contributed by atoms with Gasteiger partial charge in [-0.15, -0.1) is 0 Å². The Morgan fingerprint density at radius 2 is 1.44 bits per heavy atom. The number of aliphatic carboxylic acids is 2. The number of Topliss-reactive ketones (excluding diaryl/α,β-unsaturated/α-hetero) is 1. The third-order valence-electron chi connectivity index (χ3n) is 9.08. The fourth-order valence-electron chi connectivity index (χ4n) is 6.42. The highest BCUT2D eigenvalue weighted by Gasteiger charge is 2.59. The van der Waals surface area contributed by atoms with Gasteiger partial charge in [-0.3, -0.25) is 24.0 Å². The Morgan fingerprint density at radius 1 is 0.902 bits per heavy atom. The van der Waals surface area contributed by atoms with Gasteiger partial charge in [-0.25, -0.2) is 0 Å². The first-order valence-corrected chi connectivity index (χ1v) is 14.7. The van der Waals surface area contributed by atoms with Crippen molar-refractivity contribution in [3.8, 4) is 11.5 Å². The Hall–Kier alpha value is -3.23. The van der Waals surface area contributed by atoms with Crippen LogP contribution >= 0.6 is 0 Å². The summed E-state index contributed by atoms with van der Waals surface area (Å²) < 4.78 is 11.6. The van der Waals surface area contributed by atoms with Crippen molar-refractivity contribution >= 4 is 29.7 Å². The molecule has 0 radical (unpaired) electrons. The van der Waals surface area contributed by atoms with E-state index >= 15 is 0 Å². The molecule has 2 bridgehead atoms. The number of hydrogen-bond acceptors (Lipinski definition) is 7. The molecule has 1 aromatic carbocycles. The van der Waals surface area contributed by atoms with Gasteiger partial charge in [0.25, 0.3) is 0 Å². The highest BCUT2D eigenvalue weighted by atomic mass is 16.5. The number of carboxylic acids is 2. The average molecular weight is 573 g/mol. The zero-order valence-corrected chi connectivity index (χ0v) is 24.9. The molecule has 1 aromatic rings. The van der Waals surface area contributed by atoms with Crippen LogP contribution in [0.25, 0.3) is 0 Å². The predicted octanol–water partition coefficient (Wildman–Crippen LogP) is 6.19. The number of ether oxygens (including phenoxy) is 2. The average Bonchev–Trinajstić information content (AvgIpc) is 2.88. The Bertz CT molecular complexity index is 1130. The van der Waals surface area contributed by atoms with Crippen molar-refractivity contribution in [3.63, 3.8) is 0 Å². The SMILES string of the molecule is CCCCCCC(C)(C)c1cc(OC(=O)CCC(=O)O)c([C@H]2CC(=O)[C@@H]3C[C@H]2C3(C)C)c(OC(=O)CCC(=O)O)c1. The number of ketones is 1. The summed E-state index contributed by atoms with van der Waals surface area (Å²) in [7, 11) is 0. The van der Waals surface area contributed by atoms with E-state index in [4.69, 9.17) is 19.7 Å². The van der Waals surface area contributed by atoms with Gasteiger partial charge in [-0.1, -0.05) is 60.3 Å². The molecule has 0 heterocycles. The third kappa shape index (κ3) is 7.74. The molecule has 41 heavy (non-hydrogen) atoms. The number of fused-ring (bicyclic) bond motifs is 2. The summed E-state index contributed by atoms with van der Waals surface area (Å²) in [6.45, 7) is 10.3. The van der Waals surface area contributed by atoms with Crippen molar-refractivity contribution in [2.24, 2.45) is 17.3 Å². The minimum atomic E-state index is -1.13. The van der Waals surface area contributed by atoms with E-state index in [1.807, 2.05) is 13.8 Å². The molecule has 3 atom stereocenters. The second-order valence-electron chi connectivity index (χ2n) is 12.8. The van der Waals surface area contributed by atoms with Crippen LogP contribution in [0, 0.1) is 17.3 Å². The molecule has 3 saturated carbocycles. The van der Waals surface area contributed by atoms with E-state index in [2.05, 4.69) is 20.8 Å².